The van der Waals surface area contributed by atoms with Gasteiger partial charge in [-0.3, -0.25) is 4.79 Å². The summed E-state index contributed by atoms with van der Waals surface area (Å²) in [6.45, 7) is 3.95. The van der Waals surface area contributed by atoms with Crippen molar-refractivity contribution >= 4 is 5.97 Å². The quantitative estimate of drug-likeness (QED) is 0.848. The van der Waals surface area contributed by atoms with Crippen LogP contribution in [0, 0.1) is 17.7 Å². The second kappa shape index (κ2) is 6.38. The molecule has 18 heavy (non-hydrogen) atoms. The Morgan fingerprint density at radius 2 is 2.11 bits per heavy atom. The Labute approximate surface area is 107 Å². The van der Waals surface area contributed by atoms with E-state index in [2.05, 4.69) is 0 Å². The summed E-state index contributed by atoms with van der Waals surface area (Å²) >= 11 is 0. The fraction of sp³-hybridized carbons (Fsp3) is 0.500. The Bertz CT molecular complexity index is 416. The van der Waals surface area contributed by atoms with E-state index in [1.807, 2.05) is 13.8 Å². The molecule has 1 rings (SSSR count). The first-order valence-electron chi connectivity index (χ1n) is 5.99. The number of hydrogen-bond donors (Lipinski definition) is 1. The molecular formula is C14H19FO3. The van der Waals surface area contributed by atoms with Crippen LogP contribution in [0.4, 0.5) is 4.39 Å². The molecule has 1 aromatic rings. The molecule has 0 spiro atoms. The van der Waals surface area contributed by atoms with Gasteiger partial charge in [0.15, 0.2) is 11.6 Å². The average molecular weight is 254 g/mol. The van der Waals surface area contributed by atoms with E-state index in [0.717, 1.165) is 0 Å². The molecular weight excluding hydrogens is 235 g/mol. The second-order valence-corrected chi connectivity index (χ2v) is 4.84. The second-order valence-electron chi connectivity index (χ2n) is 4.84. The highest BCUT2D eigenvalue weighted by atomic mass is 19.1. The van der Waals surface area contributed by atoms with Gasteiger partial charge < -0.3 is 9.84 Å². The molecule has 1 unspecified atom stereocenters. The molecule has 0 saturated heterocycles. The number of ether oxygens (including phenoxy) is 1. The Hall–Kier alpha value is -1.58. The van der Waals surface area contributed by atoms with Crippen LogP contribution < -0.4 is 4.74 Å². The third-order valence-electron chi connectivity index (χ3n) is 2.80. The standard InChI is InChI=1S/C14H19FO3/c1-9(2)6-11(14(16)17)7-10-4-5-13(18-3)12(15)8-10/h4-5,8-9,11H,6-7H2,1-3H3,(H,16,17). The van der Waals surface area contributed by atoms with E-state index in [-0.39, 0.29) is 5.75 Å². The van der Waals surface area contributed by atoms with E-state index in [4.69, 9.17) is 9.84 Å². The summed E-state index contributed by atoms with van der Waals surface area (Å²) in [6.07, 6.45) is 0.928. The molecule has 0 amide bonds. The largest absolute Gasteiger partial charge is 0.494 e. The minimum Gasteiger partial charge on any atom is -0.494 e. The maximum atomic E-state index is 13.5. The van der Waals surface area contributed by atoms with Crippen LogP contribution in [0.5, 0.6) is 5.75 Å². The van der Waals surface area contributed by atoms with Crippen LogP contribution in [0.2, 0.25) is 0 Å². The topological polar surface area (TPSA) is 46.5 Å². The van der Waals surface area contributed by atoms with Crippen molar-refractivity contribution in [3.8, 4) is 5.75 Å². The van der Waals surface area contributed by atoms with Crippen LogP contribution >= 0.6 is 0 Å². The minimum absolute atomic E-state index is 0.175. The Balaban J connectivity index is 2.81. The summed E-state index contributed by atoms with van der Waals surface area (Å²) < 4.78 is 18.3. The molecule has 0 saturated carbocycles. The van der Waals surface area contributed by atoms with Crippen molar-refractivity contribution in [1.29, 1.82) is 0 Å². The van der Waals surface area contributed by atoms with E-state index in [9.17, 15) is 9.18 Å². The highest BCUT2D eigenvalue weighted by molar-refractivity contribution is 5.70. The summed E-state index contributed by atoms with van der Waals surface area (Å²) in [5, 5.41) is 9.14. The number of carboxylic acids is 1. The summed E-state index contributed by atoms with van der Waals surface area (Å²) in [6, 6.07) is 4.58. The summed E-state index contributed by atoms with van der Waals surface area (Å²) in [5.41, 5.74) is 0.682. The van der Waals surface area contributed by atoms with Gasteiger partial charge in [-0.15, -0.1) is 0 Å². The van der Waals surface area contributed by atoms with E-state index < -0.39 is 17.7 Å². The van der Waals surface area contributed by atoms with Gasteiger partial charge in [0.05, 0.1) is 13.0 Å². The predicted molar refractivity (Wildman–Crippen MR) is 67.2 cm³/mol. The van der Waals surface area contributed by atoms with Gasteiger partial charge in [-0.2, -0.15) is 0 Å². The molecule has 1 aromatic carbocycles. The van der Waals surface area contributed by atoms with Crippen LogP contribution in [-0.2, 0) is 11.2 Å². The number of benzene rings is 1. The number of carboxylic acid groups (broad SMARTS) is 1. The minimum atomic E-state index is -0.833. The van der Waals surface area contributed by atoms with Crippen LogP contribution in [-0.4, -0.2) is 18.2 Å². The zero-order valence-electron chi connectivity index (χ0n) is 10.9. The molecule has 0 radical (unpaired) electrons. The zero-order chi connectivity index (χ0) is 13.7. The Morgan fingerprint density at radius 3 is 2.56 bits per heavy atom. The van der Waals surface area contributed by atoms with Gasteiger partial charge >= 0.3 is 5.97 Å². The number of hydrogen-bond acceptors (Lipinski definition) is 2. The number of rotatable bonds is 6. The van der Waals surface area contributed by atoms with Gasteiger partial charge in [0.2, 0.25) is 0 Å². The predicted octanol–water partition coefficient (Wildman–Crippen LogP) is 3.12. The average Bonchev–Trinajstić information content (AvgIpc) is 2.27. The molecule has 1 atom stereocenters. The zero-order valence-corrected chi connectivity index (χ0v) is 10.9. The molecule has 0 aliphatic rings. The maximum Gasteiger partial charge on any atom is 0.306 e. The van der Waals surface area contributed by atoms with Crippen molar-refractivity contribution in [2.45, 2.75) is 26.7 Å². The lowest BCUT2D eigenvalue weighted by molar-refractivity contribution is -0.142. The Morgan fingerprint density at radius 1 is 1.44 bits per heavy atom. The van der Waals surface area contributed by atoms with Crippen molar-refractivity contribution in [2.24, 2.45) is 11.8 Å². The molecule has 1 N–H and O–H groups in total. The maximum absolute atomic E-state index is 13.5. The fourth-order valence-electron chi connectivity index (χ4n) is 1.96. The monoisotopic (exact) mass is 254 g/mol. The van der Waals surface area contributed by atoms with Gasteiger partial charge in [-0.05, 0) is 36.5 Å². The van der Waals surface area contributed by atoms with E-state index in [0.29, 0.717) is 24.3 Å². The van der Waals surface area contributed by atoms with Gasteiger partial charge in [-0.1, -0.05) is 19.9 Å². The molecule has 0 bridgehead atoms. The van der Waals surface area contributed by atoms with Crippen molar-refractivity contribution in [1.82, 2.24) is 0 Å². The number of halogens is 1. The lowest BCUT2D eigenvalue weighted by atomic mass is 9.91. The fourth-order valence-corrected chi connectivity index (χ4v) is 1.96. The lowest BCUT2D eigenvalue weighted by Gasteiger charge is -2.15. The third-order valence-corrected chi connectivity index (χ3v) is 2.80. The van der Waals surface area contributed by atoms with Crippen molar-refractivity contribution in [3.05, 3.63) is 29.6 Å². The molecule has 0 aliphatic heterocycles. The molecule has 4 heteroatoms. The SMILES string of the molecule is COc1ccc(CC(CC(C)C)C(=O)O)cc1F. The molecule has 0 fully saturated rings. The van der Waals surface area contributed by atoms with Crippen LogP contribution in [0.3, 0.4) is 0 Å². The molecule has 0 aromatic heterocycles. The lowest BCUT2D eigenvalue weighted by Crippen LogP contribution is -2.18. The van der Waals surface area contributed by atoms with Crippen molar-refractivity contribution in [2.75, 3.05) is 7.11 Å². The molecule has 0 aliphatic carbocycles. The van der Waals surface area contributed by atoms with Crippen molar-refractivity contribution in [3.63, 3.8) is 0 Å². The molecule has 0 heterocycles. The van der Waals surface area contributed by atoms with E-state index >= 15 is 0 Å². The summed E-state index contributed by atoms with van der Waals surface area (Å²) in [7, 11) is 1.40. The van der Waals surface area contributed by atoms with Crippen molar-refractivity contribution < 1.29 is 19.0 Å². The van der Waals surface area contributed by atoms with Crippen LogP contribution in [0.1, 0.15) is 25.8 Å². The summed E-state index contributed by atoms with van der Waals surface area (Å²) in [4.78, 5) is 11.1. The van der Waals surface area contributed by atoms with Gasteiger partial charge in [0.25, 0.3) is 0 Å². The van der Waals surface area contributed by atoms with E-state index in [1.54, 1.807) is 6.07 Å². The van der Waals surface area contributed by atoms with Gasteiger partial charge in [0.1, 0.15) is 0 Å². The first kappa shape index (κ1) is 14.5. The number of methoxy groups -OCH3 is 1. The first-order valence-corrected chi connectivity index (χ1v) is 5.99. The highest BCUT2D eigenvalue weighted by Crippen LogP contribution is 2.22. The number of aliphatic carboxylic acids is 1. The first-order chi connectivity index (χ1) is 8.43. The third kappa shape index (κ3) is 4.02. The molecule has 100 valence electrons. The van der Waals surface area contributed by atoms with Crippen LogP contribution in [0.25, 0.3) is 0 Å². The normalized spacial score (nSPS) is 12.5. The smallest absolute Gasteiger partial charge is 0.306 e. The highest BCUT2D eigenvalue weighted by Gasteiger charge is 2.19. The van der Waals surface area contributed by atoms with E-state index in [1.165, 1.54) is 19.2 Å². The number of carbonyl (C=O) groups is 1. The molecule has 3 nitrogen and oxygen atoms in total. The van der Waals surface area contributed by atoms with Gasteiger partial charge in [0, 0.05) is 0 Å². The Kier molecular flexibility index (Phi) is 5.13. The van der Waals surface area contributed by atoms with Crippen LogP contribution in [0.15, 0.2) is 18.2 Å². The van der Waals surface area contributed by atoms with Gasteiger partial charge in [-0.25, -0.2) is 4.39 Å². The summed E-state index contributed by atoms with van der Waals surface area (Å²) in [5.74, 6) is -1.29.